The molecule has 0 aliphatic carbocycles. The van der Waals surface area contributed by atoms with Gasteiger partial charge >= 0.3 is 0 Å². The summed E-state index contributed by atoms with van der Waals surface area (Å²) in [4.78, 5) is 16.9. The number of aromatic amines is 1. The fourth-order valence-corrected chi connectivity index (χ4v) is 3.46. The van der Waals surface area contributed by atoms with Gasteiger partial charge in [-0.15, -0.1) is 0 Å². The highest BCUT2D eigenvalue weighted by Gasteiger charge is 2.14. The number of aromatic nitrogens is 4. The second-order valence-corrected chi connectivity index (χ2v) is 6.52. The van der Waals surface area contributed by atoms with Crippen LogP contribution in [0.15, 0.2) is 45.2 Å². The smallest absolute Gasteiger partial charge is 0.181 e. The summed E-state index contributed by atoms with van der Waals surface area (Å²) in [6, 6.07) is 6.53. The minimum absolute atomic E-state index is 0.254. The van der Waals surface area contributed by atoms with Crippen LogP contribution in [0.1, 0.15) is 18.5 Å². The summed E-state index contributed by atoms with van der Waals surface area (Å²) in [7, 11) is 1.96. The Balaban J connectivity index is 2.03. The van der Waals surface area contributed by atoms with Gasteiger partial charge in [0.2, 0.25) is 0 Å². The van der Waals surface area contributed by atoms with E-state index in [9.17, 15) is 0 Å². The molecule has 0 bridgehead atoms. The molecule has 108 valence electrons. The summed E-state index contributed by atoms with van der Waals surface area (Å²) in [6.07, 6.45) is 3.19. The van der Waals surface area contributed by atoms with Crippen molar-refractivity contribution in [3.8, 4) is 0 Å². The minimum atomic E-state index is 0.254. The Bertz CT molecular complexity index is 773. The van der Waals surface area contributed by atoms with E-state index in [0.29, 0.717) is 5.65 Å². The van der Waals surface area contributed by atoms with E-state index in [1.54, 1.807) is 24.4 Å². The Kier molecular flexibility index (Phi) is 4.23. The normalized spacial score (nSPS) is 12.7. The quantitative estimate of drug-likeness (QED) is 0.693. The molecular formula is C14H14BrN5S. The maximum Gasteiger partial charge on any atom is 0.181 e. The molecule has 0 saturated carbocycles. The Morgan fingerprint density at radius 1 is 1.29 bits per heavy atom. The monoisotopic (exact) mass is 363 g/mol. The van der Waals surface area contributed by atoms with Crippen LogP contribution in [0, 0.1) is 0 Å². The van der Waals surface area contributed by atoms with Crippen LogP contribution in [-0.2, 0) is 0 Å². The number of imidazole rings is 1. The number of hydrogen-bond acceptors (Lipinski definition) is 5. The molecule has 3 rings (SSSR count). The molecule has 5 nitrogen and oxygen atoms in total. The minimum Gasteiger partial charge on any atom is -0.341 e. The van der Waals surface area contributed by atoms with Crippen molar-refractivity contribution in [2.45, 2.75) is 22.9 Å². The summed E-state index contributed by atoms with van der Waals surface area (Å²) in [5.74, 6) is 0. The lowest BCUT2D eigenvalue weighted by Gasteiger charge is -2.15. The Morgan fingerprint density at radius 3 is 2.95 bits per heavy atom. The van der Waals surface area contributed by atoms with Crippen molar-refractivity contribution < 1.29 is 0 Å². The lowest BCUT2D eigenvalue weighted by atomic mass is 10.1. The molecule has 1 aromatic carbocycles. The Morgan fingerprint density at radius 2 is 2.14 bits per heavy atom. The first-order valence-electron chi connectivity index (χ1n) is 6.47. The standard InChI is InChI=1S/C14H14BrN5S/c1-8(16-2)10-5-9(15)3-4-11(10)21-14-12-13(18-6-17-12)19-7-20-14/h3-8,16H,1-2H3,(H,17,18,19,20). The lowest BCUT2D eigenvalue weighted by molar-refractivity contribution is 0.641. The first-order chi connectivity index (χ1) is 10.2. The molecule has 3 aromatic rings. The van der Waals surface area contributed by atoms with Gasteiger partial charge < -0.3 is 10.3 Å². The van der Waals surface area contributed by atoms with Gasteiger partial charge in [-0.05, 0) is 37.7 Å². The van der Waals surface area contributed by atoms with Crippen LogP contribution in [0.2, 0.25) is 0 Å². The van der Waals surface area contributed by atoms with Crippen molar-refractivity contribution in [2.75, 3.05) is 7.05 Å². The summed E-state index contributed by atoms with van der Waals surface area (Å²) in [5, 5.41) is 4.16. The molecule has 21 heavy (non-hydrogen) atoms. The number of fused-ring (bicyclic) bond motifs is 1. The predicted octanol–water partition coefficient (Wildman–Crippen LogP) is 3.55. The molecule has 2 aromatic heterocycles. The summed E-state index contributed by atoms with van der Waals surface area (Å²) < 4.78 is 1.07. The van der Waals surface area contributed by atoms with E-state index in [0.717, 1.165) is 19.9 Å². The first kappa shape index (κ1) is 14.5. The maximum atomic E-state index is 4.37. The number of rotatable bonds is 4. The topological polar surface area (TPSA) is 66.5 Å². The van der Waals surface area contributed by atoms with E-state index in [2.05, 4.69) is 60.2 Å². The Labute approximate surface area is 135 Å². The van der Waals surface area contributed by atoms with E-state index >= 15 is 0 Å². The van der Waals surface area contributed by atoms with Crippen molar-refractivity contribution in [3.05, 3.63) is 40.9 Å². The fourth-order valence-electron chi connectivity index (χ4n) is 2.03. The molecule has 0 radical (unpaired) electrons. The van der Waals surface area contributed by atoms with Crippen molar-refractivity contribution in [2.24, 2.45) is 0 Å². The predicted molar refractivity (Wildman–Crippen MR) is 87.4 cm³/mol. The van der Waals surface area contributed by atoms with E-state index in [1.165, 1.54) is 5.56 Å². The highest BCUT2D eigenvalue weighted by atomic mass is 79.9. The van der Waals surface area contributed by atoms with Gasteiger partial charge in [0.25, 0.3) is 0 Å². The van der Waals surface area contributed by atoms with E-state index in [4.69, 9.17) is 0 Å². The largest absolute Gasteiger partial charge is 0.341 e. The third kappa shape index (κ3) is 2.95. The van der Waals surface area contributed by atoms with Gasteiger partial charge in [-0.2, -0.15) is 0 Å². The molecule has 0 fully saturated rings. The molecule has 0 aliphatic rings. The second-order valence-electron chi connectivity index (χ2n) is 4.57. The number of benzene rings is 1. The van der Waals surface area contributed by atoms with Crippen LogP contribution in [0.4, 0.5) is 0 Å². The van der Waals surface area contributed by atoms with Crippen LogP contribution in [-0.4, -0.2) is 27.0 Å². The van der Waals surface area contributed by atoms with Gasteiger partial charge in [-0.25, -0.2) is 15.0 Å². The number of nitrogens with zero attached hydrogens (tertiary/aromatic N) is 3. The van der Waals surface area contributed by atoms with E-state index in [1.807, 2.05) is 13.1 Å². The van der Waals surface area contributed by atoms with Crippen LogP contribution < -0.4 is 5.32 Å². The molecular weight excluding hydrogens is 350 g/mol. The maximum absolute atomic E-state index is 4.37. The molecule has 0 amide bonds. The highest BCUT2D eigenvalue weighted by molar-refractivity contribution is 9.10. The average molecular weight is 364 g/mol. The summed E-state index contributed by atoms with van der Waals surface area (Å²) >= 11 is 5.15. The van der Waals surface area contributed by atoms with Gasteiger partial charge in [0, 0.05) is 15.4 Å². The number of hydrogen-bond donors (Lipinski definition) is 2. The summed E-state index contributed by atoms with van der Waals surface area (Å²) in [5.41, 5.74) is 2.78. The molecule has 1 unspecified atom stereocenters. The van der Waals surface area contributed by atoms with Crippen molar-refractivity contribution in [1.29, 1.82) is 0 Å². The van der Waals surface area contributed by atoms with Gasteiger partial charge in [0.05, 0.1) is 6.33 Å². The molecule has 0 saturated heterocycles. The van der Waals surface area contributed by atoms with Crippen molar-refractivity contribution >= 4 is 38.9 Å². The highest BCUT2D eigenvalue weighted by Crippen LogP contribution is 2.35. The number of nitrogens with one attached hydrogen (secondary N) is 2. The number of H-pyrrole nitrogens is 1. The third-order valence-electron chi connectivity index (χ3n) is 3.27. The van der Waals surface area contributed by atoms with Gasteiger partial charge in [0.15, 0.2) is 5.65 Å². The van der Waals surface area contributed by atoms with Crippen LogP contribution in [0.5, 0.6) is 0 Å². The molecule has 0 spiro atoms. The zero-order valence-electron chi connectivity index (χ0n) is 11.6. The molecule has 7 heteroatoms. The lowest BCUT2D eigenvalue weighted by Crippen LogP contribution is -2.13. The zero-order valence-corrected chi connectivity index (χ0v) is 14.0. The Hall–Kier alpha value is -1.44. The first-order valence-corrected chi connectivity index (χ1v) is 8.08. The second kappa shape index (κ2) is 6.13. The van der Waals surface area contributed by atoms with Crippen LogP contribution >= 0.6 is 27.7 Å². The van der Waals surface area contributed by atoms with Gasteiger partial charge in [-0.1, -0.05) is 27.7 Å². The van der Waals surface area contributed by atoms with Crippen LogP contribution in [0.3, 0.4) is 0 Å². The van der Waals surface area contributed by atoms with Crippen molar-refractivity contribution in [1.82, 2.24) is 25.3 Å². The molecule has 1 atom stereocenters. The fraction of sp³-hybridized carbons (Fsp3) is 0.214. The SMILES string of the molecule is CNC(C)c1cc(Br)ccc1Sc1ncnc2nc[nH]c12. The summed E-state index contributed by atoms with van der Waals surface area (Å²) in [6.45, 7) is 2.14. The van der Waals surface area contributed by atoms with E-state index < -0.39 is 0 Å². The van der Waals surface area contributed by atoms with Crippen molar-refractivity contribution in [3.63, 3.8) is 0 Å². The van der Waals surface area contributed by atoms with E-state index in [-0.39, 0.29) is 6.04 Å². The number of halogens is 1. The molecule has 2 N–H and O–H groups in total. The van der Waals surface area contributed by atoms with Crippen LogP contribution in [0.25, 0.3) is 11.2 Å². The molecule has 0 aliphatic heterocycles. The molecule has 2 heterocycles. The van der Waals surface area contributed by atoms with Gasteiger partial charge in [-0.3, -0.25) is 0 Å². The average Bonchev–Trinajstić information content (AvgIpc) is 2.97. The zero-order chi connectivity index (χ0) is 14.8. The third-order valence-corrected chi connectivity index (χ3v) is 4.85. The van der Waals surface area contributed by atoms with Gasteiger partial charge in [0.1, 0.15) is 16.9 Å².